The molecule has 2 fully saturated rings. The number of carboxylic acid groups (broad SMARTS) is 1. The normalized spacial score (nSPS) is 28.9. The zero-order valence-electron chi connectivity index (χ0n) is 9.53. The molecule has 0 spiro atoms. The van der Waals surface area contributed by atoms with Gasteiger partial charge in [-0.05, 0) is 37.2 Å². The number of hydrogen-bond donors (Lipinski definition) is 1. The van der Waals surface area contributed by atoms with Crippen molar-refractivity contribution in [3.63, 3.8) is 0 Å². The van der Waals surface area contributed by atoms with Crippen LogP contribution in [0.2, 0.25) is 5.02 Å². The van der Waals surface area contributed by atoms with E-state index in [4.69, 9.17) is 21.4 Å². The minimum absolute atomic E-state index is 0.0846. The molecule has 1 N–H and O–H groups in total. The van der Waals surface area contributed by atoms with Crippen LogP contribution in [0.4, 0.5) is 4.39 Å². The number of benzene rings is 1. The zero-order chi connectivity index (χ0) is 12.9. The SMILES string of the molecule is O=C(O)c1cc(Cl)c(OC2CC3CC3C2)cc1F. The van der Waals surface area contributed by atoms with E-state index < -0.39 is 17.3 Å². The molecule has 2 aliphatic carbocycles. The lowest BCUT2D eigenvalue weighted by Crippen LogP contribution is -2.14. The molecule has 0 saturated heterocycles. The average molecular weight is 271 g/mol. The van der Waals surface area contributed by atoms with E-state index in [1.54, 1.807) is 0 Å². The van der Waals surface area contributed by atoms with Crippen molar-refractivity contribution in [3.05, 3.63) is 28.5 Å². The van der Waals surface area contributed by atoms with Crippen LogP contribution in [-0.2, 0) is 0 Å². The quantitative estimate of drug-likeness (QED) is 0.916. The number of carbonyl (C=O) groups is 1. The van der Waals surface area contributed by atoms with Crippen LogP contribution in [-0.4, -0.2) is 17.2 Å². The molecule has 1 aromatic rings. The van der Waals surface area contributed by atoms with E-state index in [1.165, 1.54) is 6.42 Å². The molecule has 0 heterocycles. The first-order valence-electron chi connectivity index (χ1n) is 5.93. The fraction of sp³-hybridized carbons (Fsp3) is 0.462. The summed E-state index contributed by atoms with van der Waals surface area (Å²) in [5.74, 6) is -0.382. The van der Waals surface area contributed by atoms with Gasteiger partial charge >= 0.3 is 5.97 Å². The average Bonchev–Trinajstić information content (AvgIpc) is 2.91. The summed E-state index contributed by atoms with van der Waals surface area (Å²) in [6.07, 6.45) is 3.34. The van der Waals surface area contributed by atoms with Crippen molar-refractivity contribution >= 4 is 17.6 Å². The van der Waals surface area contributed by atoms with E-state index in [1.807, 2.05) is 0 Å². The summed E-state index contributed by atoms with van der Waals surface area (Å²) in [7, 11) is 0. The Morgan fingerprint density at radius 3 is 2.61 bits per heavy atom. The second-order valence-corrected chi connectivity index (χ2v) is 5.44. The maximum absolute atomic E-state index is 13.5. The summed E-state index contributed by atoms with van der Waals surface area (Å²) in [5, 5.41) is 8.91. The predicted molar refractivity (Wildman–Crippen MR) is 63.6 cm³/mol. The van der Waals surface area contributed by atoms with Crippen LogP contribution >= 0.6 is 11.6 Å². The predicted octanol–water partition coefficient (Wildman–Crippen LogP) is 3.35. The van der Waals surface area contributed by atoms with Crippen molar-refractivity contribution in [2.24, 2.45) is 11.8 Å². The monoisotopic (exact) mass is 270 g/mol. The van der Waals surface area contributed by atoms with E-state index in [0.29, 0.717) is 0 Å². The summed E-state index contributed by atoms with van der Waals surface area (Å²) in [6.45, 7) is 0. The fourth-order valence-electron chi connectivity index (χ4n) is 2.72. The van der Waals surface area contributed by atoms with Gasteiger partial charge in [0.15, 0.2) is 0 Å². The lowest BCUT2D eigenvalue weighted by Gasteiger charge is -2.16. The lowest BCUT2D eigenvalue weighted by molar-refractivity contribution is 0.0692. The fourth-order valence-corrected chi connectivity index (χ4v) is 2.93. The van der Waals surface area contributed by atoms with Crippen molar-refractivity contribution in [1.29, 1.82) is 0 Å². The molecule has 0 amide bonds. The Morgan fingerprint density at radius 1 is 1.33 bits per heavy atom. The molecule has 0 bridgehead atoms. The first kappa shape index (κ1) is 11.8. The van der Waals surface area contributed by atoms with Crippen molar-refractivity contribution < 1.29 is 19.0 Å². The van der Waals surface area contributed by atoms with Gasteiger partial charge in [0, 0.05) is 6.07 Å². The van der Waals surface area contributed by atoms with Gasteiger partial charge in [-0.3, -0.25) is 0 Å². The molecule has 0 aliphatic heterocycles. The van der Waals surface area contributed by atoms with Gasteiger partial charge in [0.1, 0.15) is 11.6 Å². The molecule has 0 radical (unpaired) electrons. The van der Waals surface area contributed by atoms with Crippen LogP contribution < -0.4 is 4.74 Å². The second kappa shape index (κ2) is 4.12. The van der Waals surface area contributed by atoms with Crippen LogP contribution in [0.25, 0.3) is 0 Å². The van der Waals surface area contributed by atoms with E-state index in [-0.39, 0.29) is 16.9 Å². The number of hydrogen-bond acceptors (Lipinski definition) is 2. The Balaban J connectivity index is 1.79. The summed E-state index contributed by atoms with van der Waals surface area (Å²) < 4.78 is 19.2. The molecule has 2 saturated carbocycles. The minimum atomic E-state index is -1.33. The van der Waals surface area contributed by atoms with Gasteiger partial charge in [-0.25, -0.2) is 9.18 Å². The van der Waals surface area contributed by atoms with E-state index >= 15 is 0 Å². The second-order valence-electron chi connectivity index (χ2n) is 5.03. The summed E-state index contributed by atoms with van der Waals surface area (Å²) in [4.78, 5) is 10.7. The third-order valence-corrected chi connectivity index (χ3v) is 4.04. The van der Waals surface area contributed by atoms with Crippen LogP contribution in [0.3, 0.4) is 0 Å². The number of rotatable bonds is 3. The summed E-state index contributed by atoms with van der Waals surface area (Å²) >= 11 is 5.92. The molecule has 1 aromatic carbocycles. The molecule has 0 aromatic heterocycles. The highest BCUT2D eigenvalue weighted by atomic mass is 35.5. The van der Waals surface area contributed by atoms with Crippen LogP contribution in [0.5, 0.6) is 5.75 Å². The third kappa shape index (κ3) is 2.05. The summed E-state index contributed by atoms with van der Waals surface area (Å²) in [6, 6.07) is 2.17. The minimum Gasteiger partial charge on any atom is -0.489 e. The third-order valence-electron chi connectivity index (χ3n) is 3.75. The van der Waals surface area contributed by atoms with Gasteiger partial charge in [-0.15, -0.1) is 0 Å². The molecule has 2 unspecified atom stereocenters. The molecular weight excluding hydrogens is 259 g/mol. The highest BCUT2D eigenvalue weighted by molar-refractivity contribution is 6.32. The van der Waals surface area contributed by atoms with Gasteiger partial charge in [0.05, 0.1) is 16.7 Å². The van der Waals surface area contributed by atoms with Gasteiger partial charge in [-0.1, -0.05) is 11.6 Å². The van der Waals surface area contributed by atoms with Gasteiger partial charge in [0.25, 0.3) is 0 Å². The molecule has 2 aliphatic rings. The Labute approximate surface area is 109 Å². The Hall–Kier alpha value is -1.29. The smallest absolute Gasteiger partial charge is 0.338 e. The largest absolute Gasteiger partial charge is 0.489 e. The highest BCUT2D eigenvalue weighted by Gasteiger charge is 2.46. The number of halogens is 2. The number of fused-ring (bicyclic) bond motifs is 1. The maximum Gasteiger partial charge on any atom is 0.338 e. The number of aromatic carboxylic acids is 1. The first-order valence-corrected chi connectivity index (χ1v) is 6.31. The number of carboxylic acids is 1. The zero-order valence-corrected chi connectivity index (χ0v) is 10.3. The Kier molecular flexibility index (Phi) is 2.70. The van der Waals surface area contributed by atoms with Gasteiger partial charge in [-0.2, -0.15) is 0 Å². The molecule has 2 atom stereocenters. The van der Waals surface area contributed by atoms with E-state index in [9.17, 15) is 9.18 Å². The Morgan fingerprint density at radius 2 is 2.00 bits per heavy atom. The molecule has 3 rings (SSSR count). The standard InChI is InChI=1S/C13H12ClFO3/c14-10-4-9(13(16)17)11(15)5-12(10)18-8-2-6-1-7(6)3-8/h4-8H,1-3H2,(H,16,17). The molecule has 3 nitrogen and oxygen atoms in total. The lowest BCUT2D eigenvalue weighted by atomic mass is 10.2. The topological polar surface area (TPSA) is 46.5 Å². The van der Waals surface area contributed by atoms with E-state index in [2.05, 4.69) is 0 Å². The molecule has 5 heteroatoms. The van der Waals surface area contributed by atoms with Crippen LogP contribution in [0.1, 0.15) is 29.6 Å². The van der Waals surface area contributed by atoms with Crippen molar-refractivity contribution in [2.75, 3.05) is 0 Å². The molecular formula is C13H12ClFO3. The highest BCUT2D eigenvalue weighted by Crippen LogP contribution is 2.52. The maximum atomic E-state index is 13.5. The van der Waals surface area contributed by atoms with Gasteiger partial charge < -0.3 is 9.84 Å². The van der Waals surface area contributed by atoms with Crippen molar-refractivity contribution in [1.82, 2.24) is 0 Å². The first-order chi connectivity index (χ1) is 8.54. The van der Waals surface area contributed by atoms with E-state index in [0.717, 1.165) is 36.8 Å². The van der Waals surface area contributed by atoms with Crippen LogP contribution in [0, 0.1) is 17.7 Å². The number of ether oxygens (including phenoxy) is 1. The van der Waals surface area contributed by atoms with Crippen LogP contribution in [0.15, 0.2) is 12.1 Å². The Bertz CT molecular complexity index is 507. The van der Waals surface area contributed by atoms with Gasteiger partial charge in [0.2, 0.25) is 0 Å². The molecule has 18 heavy (non-hydrogen) atoms. The van der Waals surface area contributed by atoms with Crippen molar-refractivity contribution in [2.45, 2.75) is 25.4 Å². The van der Waals surface area contributed by atoms with Crippen molar-refractivity contribution in [3.8, 4) is 5.75 Å². The molecule has 96 valence electrons. The summed E-state index contributed by atoms with van der Waals surface area (Å²) in [5.41, 5.74) is -0.429.